The molecule has 0 aliphatic carbocycles. The molecule has 0 spiro atoms. The van der Waals surface area contributed by atoms with E-state index in [9.17, 15) is 5.11 Å². The van der Waals surface area contributed by atoms with E-state index in [2.05, 4.69) is 31.2 Å². The zero-order chi connectivity index (χ0) is 13.3. The van der Waals surface area contributed by atoms with E-state index in [0.717, 1.165) is 15.5 Å². The number of aliphatic hydroxyl groups is 1. The van der Waals surface area contributed by atoms with Crippen LogP contribution < -0.4 is 5.32 Å². The summed E-state index contributed by atoms with van der Waals surface area (Å²) in [5, 5.41) is 12.7. The van der Waals surface area contributed by atoms with Crippen molar-refractivity contribution in [1.29, 1.82) is 0 Å². The van der Waals surface area contributed by atoms with Crippen molar-refractivity contribution in [3.8, 4) is 0 Å². The average Bonchev–Trinajstić information content (AvgIpc) is 2.27. The number of fused-ring (bicyclic) bond motifs is 1. The Labute approximate surface area is 115 Å². The average molecular weight is 310 g/mol. The molecule has 0 amide bonds. The van der Waals surface area contributed by atoms with Crippen LogP contribution in [0.25, 0.3) is 11.0 Å². The molecule has 5 heteroatoms. The SMILES string of the molecule is CC(C)(C)Nc1nc2c(Br)cccc2nc1CO. The maximum atomic E-state index is 9.39. The van der Waals surface area contributed by atoms with Gasteiger partial charge < -0.3 is 10.4 Å². The first-order valence-electron chi connectivity index (χ1n) is 5.75. The summed E-state index contributed by atoms with van der Waals surface area (Å²) in [4.78, 5) is 8.98. The molecule has 1 aromatic carbocycles. The highest BCUT2D eigenvalue weighted by molar-refractivity contribution is 9.10. The Hall–Kier alpha value is -1.20. The van der Waals surface area contributed by atoms with E-state index in [4.69, 9.17) is 0 Å². The third-order valence-corrected chi connectivity index (χ3v) is 3.00. The molecule has 2 N–H and O–H groups in total. The van der Waals surface area contributed by atoms with E-state index in [1.807, 2.05) is 39.0 Å². The zero-order valence-electron chi connectivity index (χ0n) is 10.7. The summed E-state index contributed by atoms with van der Waals surface area (Å²) in [7, 11) is 0. The van der Waals surface area contributed by atoms with Crippen molar-refractivity contribution in [1.82, 2.24) is 9.97 Å². The summed E-state index contributed by atoms with van der Waals surface area (Å²) in [6.45, 7) is 5.99. The monoisotopic (exact) mass is 309 g/mol. The smallest absolute Gasteiger partial charge is 0.151 e. The lowest BCUT2D eigenvalue weighted by Crippen LogP contribution is -2.27. The maximum absolute atomic E-state index is 9.39. The number of rotatable bonds is 2. The fourth-order valence-electron chi connectivity index (χ4n) is 1.65. The molecule has 2 rings (SSSR count). The molecule has 0 fully saturated rings. The van der Waals surface area contributed by atoms with E-state index in [1.165, 1.54) is 0 Å². The minimum Gasteiger partial charge on any atom is -0.390 e. The summed E-state index contributed by atoms with van der Waals surface area (Å²) in [5.41, 5.74) is 2.00. The number of hydrogen-bond donors (Lipinski definition) is 2. The van der Waals surface area contributed by atoms with Gasteiger partial charge in [0.05, 0.1) is 12.1 Å². The van der Waals surface area contributed by atoms with Gasteiger partial charge in [0.2, 0.25) is 0 Å². The highest BCUT2D eigenvalue weighted by Crippen LogP contribution is 2.25. The van der Waals surface area contributed by atoms with Crippen molar-refractivity contribution in [2.75, 3.05) is 5.32 Å². The van der Waals surface area contributed by atoms with Crippen molar-refractivity contribution in [2.24, 2.45) is 0 Å². The molecule has 0 saturated heterocycles. The molecule has 0 radical (unpaired) electrons. The molecular formula is C13H16BrN3O. The molecule has 0 saturated carbocycles. The molecule has 0 aliphatic rings. The summed E-state index contributed by atoms with van der Waals surface area (Å²) in [6, 6.07) is 5.71. The third-order valence-electron chi connectivity index (χ3n) is 2.36. The highest BCUT2D eigenvalue weighted by atomic mass is 79.9. The van der Waals surface area contributed by atoms with Gasteiger partial charge in [-0.2, -0.15) is 0 Å². The van der Waals surface area contributed by atoms with Crippen LogP contribution in [0.5, 0.6) is 0 Å². The Morgan fingerprint density at radius 2 is 2.00 bits per heavy atom. The lowest BCUT2D eigenvalue weighted by molar-refractivity contribution is 0.277. The normalized spacial score (nSPS) is 11.8. The van der Waals surface area contributed by atoms with Crippen LogP contribution in [0.3, 0.4) is 0 Å². The molecule has 0 aliphatic heterocycles. The van der Waals surface area contributed by atoms with E-state index >= 15 is 0 Å². The van der Waals surface area contributed by atoms with Gasteiger partial charge in [-0.05, 0) is 48.8 Å². The van der Waals surface area contributed by atoms with Gasteiger partial charge >= 0.3 is 0 Å². The lowest BCUT2D eigenvalue weighted by atomic mass is 10.1. The first-order chi connectivity index (χ1) is 8.40. The van der Waals surface area contributed by atoms with Gasteiger partial charge in [0, 0.05) is 10.0 Å². The highest BCUT2D eigenvalue weighted by Gasteiger charge is 2.15. The second-order valence-electron chi connectivity index (χ2n) is 5.16. The van der Waals surface area contributed by atoms with Crippen LogP contribution in [0.1, 0.15) is 26.5 Å². The number of nitrogens with one attached hydrogen (secondary N) is 1. The topological polar surface area (TPSA) is 58.0 Å². The van der Waals surface area contributed by atoms with Gasteiger partial charge in [-0.3, -0.25) is 0 Å². The molecule has 1 heterocycles. The van der Waals surface area contributed by atoms with Crippen LogP contribution in [0.2, 0.25) is 0 Å². The molecule has 0 bridgehead atoms. The number of benzene rings is 1. The third kappa shape index (κ3) is 2.79. The van der Waals surface area contributed by atoms with Gasteiger partial charge in [0.25, 0.3) is 0 Å². The summed E-state index contributed by atoms with van der Waals surface area (Å²) >= 11 is 3.46. The predicted octanol–water partition coefficient (Wildman–Crippen LogP) is 3.10. The van der Waals surface area contributed by atoms with Gasteiger partial charge in [-0.15, -0.1) is 0 Å². The fraction of sp³-hybridized carbons (Fsp3) is 0.385. The summed E-state index contributed by atoms with van der Waals surface area (Å²) in [6.07, 6.45) is 0. The molecule has 0 atom stereocenters. The molecule has 1 aromatic heterocycles. The summed E-state index contributed by atoms with van der Waals surface area (Å²) < 4.78 is 0.897. The van der Waals surface area contributed by atoms with Crippen LogP contribution in [0.15, 0.2) is 22.7 Å². The Bertz CT molecular complexity index is 578. The maximum Gasteiger partial charge on any atom is 0.151 e. The number of anilines is 1. The summed E-state index contributed by atoms with van der Waals surface area (Å²) in [5.74, 6) is 0.629. The molecular weight excluding hydrogens is 294 g/mol. The number of aromatic nitrogens is 2. The van der Waals surface area contributed by atoms with Crippen LogP contribution in [-0.4, -0.2) is 20.6 Å². The second kappa shape index (κ2) is 4.82. The Kier molecular flexibility index (Phi) is 3.54. The van der Waals surface area contributed by atoms with Crippen LogP contribution in [-0.2, 0) is 6.61 Å². The fourth-order valence-corrected chi connectivity index (χ4v) is 2.09. The molecule has 96 valence electrons. The van der Waals surface area contributed by atoms with Crippen LogP contribution in [0.4, 0.5) is 5.82 Å². The van der Waals surface area contributed by atoms with Crippen LogP contribution >= 0.6 is 15.9 Å². The van der Waals surface area contributed by atoms with Gasteiger partial charge in [-0.25, -0.2) is 9.97 Å². The van der Waals surface area contributed by atoms with Crippen LogP contribution in [0, 0.1) is 0 Å². The minimum absolute atomic E-state index is 0.131. The number of aliphatic hydroxyl groups excluding tert-OH is 1. The largest absolute Gasteiger partial charge is 0.390 e. The van der Waals surface area contributed by atoms with E-state index in [1.54, 1.807) is 0 Å². The first kappa shape index (κ1) is 13.2. The predicted molar refractivity (Wildman–Crippen MR) is 76.5 cm³/mol. The van der Waals surface area contributed by atoms with Crippen molar-refractivity contribution in [3.05, 3.63) is 28.4 Å². The van der Waals surface area contributed by atoms with Crippen molar-refractivity contribution in [2.45, 2.75) is 32.9 Å². The molecule has 18 heavy (non-hydrogen) atoms. The number of hydrogen-bond acceptors (Lipinski definition) is 4. The molecule has 0 unspecified atom stereocenters. The van der Waals surface area contributed by atoms with E-state index in [0.29, 0.717) is 11.5 Å². The second-order valence-corrected chi connectivity index (χ2v) is 6.01. The van der Waals surface area contributed by atoms with Gasteiger partial charge in [-0.1, -0.05) is 6.07 Å². The molecule has 2 aromatic rings. The number of para-hydroxylation sites is 1. The Balaban J connectivity index is 2.60. The standard InChI is InChI=1S/C13H16BrN3O/c1-13(2,3)17-12-10(7-18)15-9-6-4-5-8(14)11(9)16-12/h4-6,18H,7H2,1-3H3,(H,16,17). The van der Waals surface area contributed by atoms with Gasteiger partial charge in [0.1, 0.15) is 11.2 Å². The minimum atomic E-state index is -0.131. The Morgan fingerprint density at radius 1 is 1.28 bits per heavy atom. The quantitative estimate of drug-likeness (QED) is 0.895. The van der Waals surface area contributed by atoms with Crippen molar-refractivity contribution < 1.29 is 5.11 Å². The van der Waals surface area contributed by atoms with E-state index < -0.39 is 0 Å². The van der Waals surface area contributed by atoms with Crippen molar-refractivity contribution >= 4 is 32.8 Å². The zero-order valence-corrected chi connectivity index (χ0v) is 12.2. The van der Waals surface area contributed by atoms with Gasteiger partial charge in [0.15, 0.2) is 5.82 Å². The number of nitrogens with zero attached hydrogens (tertiary/aromatic N) is 2. The van der Waals surface area contributed by atoms with E-state index in [-0.39, 0.29) is 12.1 Å². The first-order valence-corrected chi connectivity index (χ1v) is 6.54. The van der Waals surface area contributed by atoms with Crippen molar-refractivity contribution in [3.63, 3.8) is 0 Å². The Morgan fingerprint density at radius 3 is 2.61 bits per heavy atom. The molecule has 4 nitrogen and oxygen atoms in total. The lowest BCUT2D eigenvalue weighted by Gasteiger charge is -2.22. The number of halogens is 1.